The van der Waals surface area contributed by atoms with E-state index >= 15 is 0 Å². The third-order valence-electron chi connectivity index (χ3n) is 7.53. The first-order valence-electron chi connectivity index (χ1n) is 14.0. The van der Waals surface area contributed by atoms with Gasteiger partial charge in [0.25, 0.3) is 0 Å². The standard InChI is InChI=1S/C29H45NO9/c1-29-9-5-3-4-6-23(28(29)30)18-22-7-8-24(19-25(22)29)39-27(32)21-37-20-26(31)38-17-16-36-15-14-35-13-12-34-11-10-33-2/h7-8,19,23,28H,3-6,9-18,20-21,30H2,1-2H3/t23-,28-,29+/m0/s1. The molecule has 2 aliphatic carbocycles. The molecule has 10 nitrogen and oxygen atoms in total. The second-order valence-corrected chi connectivity index (χ2v) is 10.3. The molecule has 0 spiro atoms. The van der Waals surface area contributed by atoms with E-state index in [2.05, 4.69) is 13.0 Å². The maximum Gasteiger partial charge on any atom is 0.337 e. The Hall–Kier alpha value is -2.08. The van der Waals surface area contributed by atoms with Crippen molar-refractivity contribution in [2.75, 3.05) is 73.2 Å². The molecule has 2 bridgehead atoms. The number of methoxy groups -OCH3 is 1. The number of hydrogen-bond acceptors (Lipinski definition) is 10. The van der Waals surface area contributed by atoms with Crippen molar-refractivity contribution < 1.29 is 42.7 Å². The number of fused-ring (bicyclic) bond motifs is 4. The van der Waals surface area contributed by atoms with Crippen LogP contribution in [0.3, 0.4) is 0 Å². The van der Waals surface area contributed by atoms with E-state index in [-0.39, 0.29) is 37.9 Å². The van der Waals surface area contributed by atoms with Gasteiger partial charge in [0.2, 0.25) is 0 Å². The largest absolute Gasteiger partial charge is 0.462 e. The molecule has 1 saturated carbocycles. The summed E-state index contributed by atoms with van der Waals surface area (Å²) in [6, 6.07) is 5.94. The van der Waals surface area contributed by atoms with Crippen molar-refractivity contribution in [3.05, 3.63) is 29.3 Å². The maximum absolute atomic E-state index is 12.3. The molecule has 0 radical (unpaired) electrons. The molecule has 1 aromatic carbocycles. The minimum absolute atomic E-state index is 0.0870. The van der Waals surface area contributed by atoms with Gasteiger partial charge in [-0.3, -0.25) is 0 Å². The summed E-state index contributed by atoms with van der Waals surface area (Å²) in [7, 11) is 1.62. The topological polar surface area (TPSA) is 125 Å². The minimum Gasteiger partial charge on any atom is -0.462 e. The first-order chi connectivity index (χ1) is 18.9. The summed E-state index contributed by atoms with van der Waals surface area (Å²) in [6.45, 7) is 4.74. The fourth-order valence-corrected chi connectivity index (χ4v) is 5.42. The molecule has 1 aromatic rings. The molecule has 1 fully saturated rings. The number of rotatable bonds is 17. The van der Waals surface area contributed by atoms with Gasteiger partial charge in [-0.15, -0.1) is 0 Å². The summed E-state index contributed by atoms with van der Waals surface area (Å²) in [4.78, 5) is 24.2. The summed E-state index contributed by atoms with van der Waals surface area (Å²) < 4.78 is 36.6. The summed E-state index contributed by atoms with van der Waals surface area (Å²) in [5.41, 5.74) is 9.10. The van der Waals surface area contributed by atoms with E-state index in [1.165, 1.54) is 30.4 Å². The Morgan fingerprint density at radius 3 is 2.26 bits per heavy atom. The second-order valence-electron chi connectivity index (χ2n) is 10.3. The Balaban J connectivity index is 1.28. The van der Waals surface area contributed by atoms with Crippen molar-refractivity contribution >= 4 is 11.9 Å². The number of carbonyl (C=O) groups is 2. The predicted octanol–water partition coefficient (Wildman–Crippen LogP) is 2.57. The van der Waals surface area contributed by atoms with Crippen LogP contribution in [0.2, 0.25) is 0 Å². The van der Waals surface area contributed by atoms with Crippen molar-refractivity contribution in [2.45, 2.75) is 56.9 Å². The molecule has 0 aromatic heterocycles. The van der Waals surface area contributed by atoms with Gasteiger partial charge < -0.3 is 38.9 Å². The zero-order valence-electron chi connectivity index (χ0n) is 23.5. The molecule has 3 rings (SSSR count). The molecule has 2 aliphatic rings. The van der Waals surface area contributed by atoms with Crippen molar-refractivity contribution in [3.63, 3.8) is 0 Å². The van der Waals surface area contributed by atoms with Crippen LogP contribution in [-0.4, -0.2) is 91.2 Å². The lowest BCUT2D eigenvalue weighted by molar-refractivity contribution is -0.153. The third-order valence-corrected chi connectivity index (χ3v) is 7.53. The van der Waals surface area contributed by atoms with E-state index in [0.29, 0.717) is 51.3 Å². The van der Waals surface area contributed by atoms with Gasteiger partial charge in [0.05, 0.1) is 46.2 Å². The molecule has 220 valence electrons. The van der Waals surface area contributed by atoms with E-state index in [9.17, 15) is 9.59 Å². The van der Waals surface area contributed by atoms with Gasteiger partial charge in [0.15, 0.2) is 0 Å². The smallest absolute Gasteiger partial charge is 0.337 e. The molecule has 0 heterocycles. The highest BCUT2D eigenvalue weighted by atomic mass is 16.6. The Morgan fingerprint density at radius 1 is 0.872 bits per heavy atom. The normalized spacial score (nSPS) is 22.4. The predicted molar refractivity (Wildman–Crippen MR) is 144 cm³/mol. The van der Waals surface area contributed by atoms with Gasteiger partial charge in [-0.05, 0) is 48.4 Å². The lowest BCUT2D eigenvalue weighted by Crippen LogP contribution is -2.52. The first-order valence-corrected chi connectivity index (χ1v) is 14.0. The molecule has 0 saturated heterocycles. The van der Waals surface area contributed by atoms with Crippen molar-refractivity contribution in [1.82, 2.24) is 0 Å². The Morgan fingerprint density at radius 2 is 1.54 bits per heavy atom. The Kier molecular flexibility index (Phi) is 13.6. The Labute approximate surface area is 231 Å². The zero-order chi connectivity index (χ0) is 27.9. The van der Waals surface area contributed by atoms with E-state index < -0.39 is 11.9 Å². The maximum atomic E-state index is 12.3. The van der Waals surface area contributed by atoms with Crippen LogP contribution in [0.1, 0.15) is 50.2 Å². The first kappa shape index (κ1) is 31.4. The van der Waals surface area contributed by atoms with Crippen LogP contribution >= 0.6 is 0 Å². The van der Waals surface area contributed by atoms with Crippen molar-refractivity contribution in [1.29, 1.82) is 0 Å². The summed E-state index contributed by atoms with van der Waals surface area (Å²) in [5.74, 6) is -0.188. The SMILES string of the molecule is COCCOCCOCCOCCOC(=O)COCC(=O)Oc1ccc2c(c1)[C@@]1(C)CCCCC[C@@H](C2)[C@@H]1N. The molecule has 2 N–H and O–H groups in total. The van der Waals surface area contributed by atoms with Crippen LogP contribution in [0.5, 0.6) is 5.75 Å². The lowest BCUT2D eigenvalue weighted by Gasteiger charge is -2.47. The third kappa shape index (κ3) is 10.1. The van der Waals surface area contributed by atoms with E-state index in [1.807, 2.05) is 12.1 Å². The van der Waals surface area contributed by atoms with E-state index in [0.717, 1.165) is 19.3 Å². The average molecular weight is 552 g/mol. The highest BCUT2D eigenvalue weighted by molar-refractivity contribution is 5.75. The van der Waals surface area contributed by atoms with Crippen LogP contribution < -0.4 is 10.5 Å². The van der Waals surface area contributed by atoms with Gasteiger partial charge in [-0.1, -0.05) is 32.3 Å². The van der Waals surface area contributed by atoms with Crippen LogP contribution in [0.4, 0.5) is 0 Å². The van der Waals surface area contributed by atoms with Crippen LogP contribution in [0, 0.1) is 5.92 Å². The quantitative estimate of drug-likeness (QED) is 0.175. The number of carbonyl (C=O) groups excluding carboxylic acids is 2. The monoisotopic (exact) mass is 551 g/mol. The molecule has 39 heavy (non-hydrogen) atoms. The minimum atomic E-state index is -0.578. The molecule has 0 amide bonds. The fraction of sp³-hybridized carbons (Fsp3) is 0.724. The van der Waals surface area contributed by atoms with Crippen molar-refractivity contribution in [3.8, 4) is 5.75 Å². The van der Waals surface area contributed by atoms with Gasteiger partial charge in [-0.2, -0.15) is 0 Å². The lowest BCUT2D eigenvalue weighted by atomic mass is 9.60. The van der Waals surface area contributed by atoms with E-state index in [4.69, 9.17) is 38.9 Å². The van der Waals surface area contributed by atoms with Gasteiger partial charge in [-0.25, -0.2) is 9.59 Å². The van der Waals surface area contributed by atoms with Gasteiger partial charge in [0.1, 0.15) is 25.6 Å². The van der Waals surface area contributed by atoms with Crippen LogP contribution in [-0.2, 0) is 49.8 Å². The number of nitrogens with two attached hydrogens (primary N) is 1. The van der Waals surface area contributed by atoms with Gasteiger partial charge >= 0.3 is 11.9 Å². The average Bonchev–Trinajstić information content (AvgIpc) is 2.92. The fourth-order valence-electron chi connectivity index (χ4n) is 5.42. The zero-order valence-corrected chi connectivity index (χ0v) is 23.5. The Bertz CT molecular complexity index is 896. The molecule has 3 atom stereocenters. The van der Waals surface area contributed by atoms with Gasteiger partial charge in [0, 0.05) is 18.6 Å². The number of esters is 2. The molecule has 0 unspecified atom stereocenters. The summed E-state index contributed by atoms with van der Waals surface area (Å²) in [5, 5.41) is 0. The highest BCUT2D eigenvalue weighted by Gasteiger charge is 2.43. The summed E-state index contributed by atoms with van der Waals surface area (Å²) in [6.07, 6.45) is 6.79. The molecule has 0 aliphatic heterocycles. The molecular weight excluding hydrogens is 506 g/mol. The number of benzene rings is 1. The summed E-state index contributed by atoms with van der Waals surface area (Å²) >= 11 is 0. The molecule has 10 heteroatoms. The molecular formula is C29H45NO9. The van der Waals surface area contributed by atoms with Crippen molar-refractivity contribution in [2.24, 2.45) is 11.7 Å². The van der Waals surface area contributed by atoms with Crippen LogP contribution in [0.15, 0.2) is 18.2 Å². The highest BCUT2D eigenvalue weighted by Crippen LogP contribution is 2.46. The van der Waals surface area contributed by atoms with E-state index in [1.54, 1.807) is 7.11 Å². The number of ether oxygens (including phenoxy) is 7. The number of hydrogen-bond donors (Lipinski definition) is 1. The van der Waals surface area contributed by atoms with Crippen LogP contribution in [0.25, 0.3) is 0 Å². The second kappa shape index (κ2) is 16.9.